The van der Waals surface area contributed by atoms with Crippen LogP contribution in [0.5, 0.6) is 0 Å². The third-order valence-electron chi connectivity index (χ3n) is 0. The second kappa shape index (κ2) is 6.96. The predicted molar refractivity (Wildman–Crippen MR) is 24.1 cm³/mol. The van der Waals surface area contributed by atoms with Crippen LogP contribution in [0.25, 0.3) is 0 Å². The van der Waals surface area contributed by atoms with E-state index >= 15 is 0 Å². The molecule has 0 unspecified atom stereocenters. The number of hydrogen-bond acceptors (Lipinski definition) is 3. The van der Waals surface area contributed by atoms with Gasteiger partial charge >= 0.3 is 83.2 Å². The predicted octanol–water partition coefficient (Wildman–Crippen LogP) is -3.49. The molecule has 0 atom stereocenters. The van der Waals surface area contributed by atoms with E-state index in [1.165, 1.54) is 0 Å². The van der Waals surface area contributed by atoms with Crippen LogP contribution in [0.4, 0.5) is 0 Å². The molecule has 7 heavy (non-hydrogen) atoms. The second-order valence-electron chi connectivity index (χ2n) is 0.469. The molecule has 0 saturated heterocycles. The van der Waals surface area contributed by atoms with Crippen molar-refractivity contribution >= 4 is 91.0 Å². The minimum atomic E-state index is -5.14. The maximum absolute atomic E-state index is 8.66. The van der Waals surface area contributed by atoms with E-state index in [1.54, 1.807) is 0 Å². The average molecular weight is 226 g/mol. The Morgan fingerprint density at radius 1 is 1.43 bits per heavy atom. The summed E-state index contributed by atoms with van der Waals surface area (Å²) < 4.78 is 8.66. The van der Waals surface area contributed by atoms with Gasteiger partial charge in [-0.05, 0) is 0 Å². The van der Waals surface area contributed by atoms with Gasteiger partial charge in [0.2, 0.25) is 0 Å². The summed E-state index contributed by atoms with van der Waals surface area (Å²) in [6, 6.07) is 0. The SMILES string of the molecule is O=P([O-])([O-])O.[Ca+2].[SrH2]. The Kier molecular flexibility index (Phi) is 16.4. The number of phosphoric acid groups is 1. The van der Waals surface area contributed by atoms with Crippen molar-refractivity contribution in [2.75, 3.05) is 0 Å². The fourth-order valence-corrected chi connectivity index (χ4v) is 0. The molecule has 1 N–H and O–H groups in total. The standard InChI is InChI=1S/Ca.H3O4P.Sr.2H/c;1-5(2,3)4;;;/h;(H3,1,2,3,4);;;/q+2;;;;/p-2. The Labute approximate surface area is 108 Å². The normalized spacial score (nSPS) is 8.43. The van der Waals surface area contributed by atoms with E-state index in [2.05, 4.69) is 0 Å². The first-order valence-corrected chi connectivity index (χ1v) is 2.24. The first kappa shape index (κ1) is 16.4. The van der Waals surface area contributed by atoms with Crippen LogP contribution in [0.15, 0.2) is 0 Å². The summed E-state index contributed by atoms with van der Waals surface area (Å²) in [7, 11) is -5.14. The molecule has 7 heteroatoms. The third kappa shape index (κ3) is 51.1. The van der Waals surface area contributed by atoms with Crippen LogP contribution in [0.1, 0.15) is 0 Å². The molecule has 0 aliphatic rings. The Morgan fingerprint density at radius 3 is 1.43 bits per heavy atom. The van der Waals surface area contributed by atoms with Gasteiger partial charge in [-0.3, -0.25) is 0 Å². The molecular formula is H3CaO4PSr. The second-order valence-corrected chi connectivity index (χ2v) is 1.41. The molecule has 0 radical (unpaired) electrons. The van der Waals surface area contributed by atoms with Gasteiger partial charge < -0.3 is 19.2 Å². The van der Waals surface area contributed by atoms with Crippen LogP contribution in [0.2, 0.25) is 0 Å². The van der Waals surface area contributed by atoms with Crippen LogP contribution in [0, 0.1) is 0 Å². The van der Waals surface area contributed by atoms with E-state index in [0.29, 0.717) is 0 Å². The Balaban J connectivity index is -0.0000000800. The van der Waals surface area contributed by atoms with Gasteiger partial charge in [-0.1, -0.05) is 0 Å². The Bertz CT molecular complexity index is 57.8. The summed E-state index contributed by atoms with van der Waals surface area (Å²) in [5.41, 5.74) is 0. The first-order valence-electron chi connectivity index (χ1n) is 0.748. The summed E-state index contributed by atoms with van der Waals surface area (Å²) in [6.07, 6.45) is 0. The molecule has 0 heterocycles. The van der Waals surface area contributed by atoms with E-state index < -0.39 is 7.82 Å². The van der Waals surface area contributed by atoms with Crippen molar-refractivity contribution in [2.24, 2.45) is 0 Å². The van der Waals surface area contributed by atoms with E-state index in [4.69, 9.17) is 19.2 Å². The van der Waals surface area contributed by atoms with Gasteiger partial charge in [0.15, 0.2) is 0 Å². The van der Waals surface area contributed by atoms with Crippen molar-refractivity contribution in [1.82, 2.24) is 0 Å². The van der Waals surface area contributed by atoms with Crippen molar-refractivity contribution in [2.45, 2.75) is 0 Å². The maximum atomic E-state index is 8.66. The van der Waals surface area contributed by atoms with Crippen LogP contribution in [-0.4, -0.2) is 88.1 Å². The number of rotatable bonds is 0. The van der Waals surface area contributed by atoms with E-state index in [0.717, 1.165) is 0 Å². The molecule has 0 saturated carbocycles. The van der Waals surface area contributed by atoms with Crippen molar-refractivity contribution in [3.63, 3.8) is 0 Å². The zero-order valence-corrected chi connectivity index (χ0v) is 5.93. The molecule has 0 amide bonds. The molecule has 0 aromatic carbocycles. The average Bonchev–Trinajstić information content (AvgIpc) is 0.722. The summed E-state index contributed by atoms with van der Waals surface area (Å²) >= 11 is 0. The minimum absolute atomic E-state index is 0. The molecule has 0 aliphatic carbocycles. The van der Waals surface area contributed by atoms with Crippen LogP contribution >= 0.6 is 7.82 Å². The number of hydrogen-bond donors (Lipinski definition) is 1. The molecule has 0 aromatic heterocycles. The van der Waals surface area contributed by atoms with Crippen LogP contribution < -0.4 is 9.79 Å². The molecule has 36 valence electrons. The topological polar surface area (TPSA) is 83.4 Å². The fraction of sp³-hybridized carbons (Fsp3) is 0. The quantitative estimate of drug-likeness (QED) is 0.343. The van der Waals surface area contributed by atoms with E-state index in [1.807, 2.05) is 0 Å². The summed E-state index contributed by atoms with van der Waals surface area (Å²) in [5.74, 6) is 0. The first-order chi connectivity index (χ1) is 2.00. The van der Waals surface area contributed by atoms with Crippen molar-refractivity contribution in [1.29, 1.82) is 0 Å². The third-order valence-corrected chi connectivity index (χ3v) is 0. The molecule has 4 nitrogen and oxygen atoms in total. The molecule has 0 bridgehead atoms. The zero-order valence-electron chi connectivity index (χ0n) is 2.83. The van der Waals surface area contributed by atoms with Crippen molar-refractivity contribution < 1.29 is 19.2 Å². The molecular weight excluding hydrogens is 223 g/mol. The van der Waals surface area contributed by atoms with Gasteiger partial charge in [-0.25, -0.2) is 0 Å². The van der Waals surface area contributed by atoms with Gasteiger partial charge in [0.25, 0.3) is 0 Å². The van der Waals surface area contributed by atoms with E-state index in [-0.39, 0.29) is 83.2 Å². The van der Waals surface area contributed by atoms with Crippen LogP contribution in [0.3, 0.4) is 0 Å². The Hall–Kier alpha value is 2.85. The zero-order chi connectivity index (χ0) is 4.50. The van der Waals surface area contributed by atoms with Crippen LogP contribution in [-0.2, 0) is 4.57 Å². The van der Waals surface area contributed by atoms with Gasteiger partial charge in [0.1, 0.15) is 0 Å². The van der Waals surface area contributed by atoms with Gasteiger partial charge in [0, 0.05) is 0 Å². The molecule has 0 rings (SSSR count). The molecule has 0 spiro atoms. The fourth-order valence-electron chi connectivity index (χ4n) is 0. The Morgan fingerprint density at radius 2 is 1.43 bits per heavy atom. The summed E-state index contributed by atoms with van der Waals surface area (Å²) in [5, 5.41) is 0. The van der Waals surface area contributed by atoms with Gasteiger partial charge in [-0.2, -0.15) is 0 Å². The molecule has 0 aromatic rings. The van der Waals surface area contributed by atoms with Gasteiger partial charge in [0.05, 0.1) is 7.82 Å². The summed E-state index contributed by atoms with van der Waals surface area (Å²) in [4.78, 5) is 24.3. The van der Waals surface area contributed by atoms with E-state index in [9.17, 15) is 0 Å². The van der Waals surface area contributed by atoms with Crippen molar-refractivity contribution in [3.05, 3.63) is 0 Å². The molecule has 0 fully saturated rings. The summed E-state index contributed by atoms with van der Waals surface area (Å²) in [6.45, 7) is 0. The monoisotopic (exact) mass is 226 g/mol. The van der Waals surface area contributed by atoms with Gasteiger partial charge in [-0.15, -0.1) is 0 Å². The van der Waals surface area contributed by atoms with Crippen molar-refractivity contribution in [3.8, 4) is 0 Å². The molecule has 0 aliphatic heterocycles.